The lowest BCUT2D eigenvalue weighted by molar-refractivity contribution is 0.0530. The van der Waals surface area contributed by atoms with E-state index in [1.54, 1.807) is 0 Å². The molecule has 0 bridgehead atoms. The molecule has 26 heavy (non-hydrogen) atoms. The molecule has 2 amide bonds. The summed E-state index contributed by atoms with van der Waals surface area (Å²) in [6.45, 7) is 0.756. The highest BCUT2D eigenvalue weighted by Crippen LogP contribution is 2.19. The van der Waals surface area contributed by atoms with E-state index < -0.39 is 23.1 Å². The summed E-state index contributed by atoms with van der Waals surface area (Å²) in [5.74, 6) is -2.85. The summed E-state index contributed by atoms with van der Waals surface area (Å²) in [4.78, 5) is 31.5. The Bertz CT molecular complexity index is 831. The van der Waals surface area contributed by atoms with Crippen LogP contribution in [0.25, 0.3) is 0 Å². The first-order chi connectivity index (χ1) is 12.4. The van der Waals surface area contributed by atoms with E-state index >= 15 is 0 Å². The standard InChI is InChI=1S/C17H13Cl2F2N3O2/c18-13-8-10(9-14(19)22-13)16(25)23-4-6-24(7-5-23)17(26)15-11(20)2-1-3-12(15)21/h1-3,8-9H,4-7H2. The number of nitrogens with zero attached hydrogens (tertiary/aromatic N) is 3. The maximum absolute atomic E-state index is 13.8. The fourth-order valence-electron chi connectivity index (χ4n) is 2.74. The Hall–Kier alpha value is -2.25. The molecule has 0 N–H and O–H groups in total. The van der Waals surface area contributed by atoms with Crippen LogP contribution in [0.5, 0.6) is 0 Å². The van der Waals surface area contributed by atoms with Crippen molar-refractivity contribution in [3.8, 4) is 0 Å². The van der Waals surface area contributed by atoms with Crippen molar-refractivity contribution in [2.75, 3.05) is 26.2 Å². The molecule has 9 heteroatoms. The highest BCUT2D eigenvalue weighted by atomic mass is 35.5. The van der Waals surface area contributed by atoms with E-state index in [0.29, 0.717) is 0 Å². The summed E-state index contributed by atoms with van der Waals surface area (Å²) in [6, 6.07) is 6.08. The van der Waals surface area contributed by atoms with Crippen molar-refractivity contribution in [3.05, 3.63) is 63.4 Å². The molecule has 1 aliphatic heterocycles. The largest absolute Gasteiger partial charge is 0.335 e. The summed E-state index contributed by atoms with van der Waals surface area (Å²) in [5, 5.41) is 0.203. The molecule has 1 saturated heterocycles. The summed E-state index contributed by atoms with van der Waals surface area (Å²) in [7, 11) is 0. The van der Waals surface area contributed by atoms with Crippen LogP contribution in [0.2, 0.25) is 10.3 Å². The minimum atomic E-state index is -0.908. The maximum atomic E-state index is 13.8. The van der Waals surface area contributed by atoms with Crippen LogP contribution >= 0.6 is 23.2 Å². The lowest BCUT2D eigenvalue weighted by Crippen LogP contribution is -2.50. The minimum Gasteiger partial charge on any atom is -0.335 e. The molecule has 1 fully saturated rings. The van der Waals surface area contributed by atoms with Gasteiger partial charge in [0.05, 0.1) is 0 Å². The van der Waals surface area contributed by atoms with Gasteiger partial charge < -0.3 is 9.80 Å². The average Bonchev–Trinajstić information content (AvgIpc) is 2.60. The number of amides is 2. The Morgan fingerprint density at radius 2 is 1.35 bits per heavy atom. The SMILES string of the molecule is O=C(c1cc(Cl)nc(Cl)c1)N1CCN(C(=O)c2c(F)cccc2F)CC1. The molecule has 0 atom stereocenters. The molecule has 1 aliphatic rings. The Balaban J connectivity index is 1.69. The molecule has 0 aliphatic carbocycles. The Morgan fingerprint density at radius 3 is 1.85 bits per heavy atom. The number of carbonyl (C=O) groups is 2. The van der Waals surface area contributed by atoms with Crippen LogP contribution in [0.4, 0.5) is 8.78 Å². The van der Waals surface area contributed by atoms with Crippen LogP contribution in [0.1, 0.15) is 20.7 Å². The molecule has 0 radical (unpaired) electrons. The number of hydrogen-bond donors (Lipinski definition) is 0. The number of carbonyl (C=O) groups excluding carboxylic acids is 2. The second-order valence-corrected chi connectivity index (χ2v) is 6.46. The van der Waals surface area contributed by atoms with E-state index in [1.807, 2.05) is 0 Å². The van der Waals surface area contributed by atoms with Gasteiger partial charge in [-0.25, -0.2) is 13.8 Å². The average molecular weight is 400 g/mol. The van der Waals surface area contributed by atoms with Crippen molar-refractivity contribution in [1.82, 2.24) is 14.8 Å². The van der Waals surface area contributed by atoms with Gasteiger partial charge in [-0.2, -0.15) is 0 Å². The molecule has 5 nitrogen and oxygen atoms in total. The second kappa shape index (κ2) is 7.55. The number of halogens is 4. The van der Waals surface area contributed by atoms with Gasteiger partial charge in [-0.1, -0.05) is 29.3 Å². The first-order valence-electron chi connectivity index (χ1n) is 7.72. The molecule has 2 heterocycles. The minimum absolute atomic E-state index is 0.102. The zero-order valence-corrected chi connectivity index (χ0v) is 14.9. The van der Waals surface area contributed by atoms with E-state index in [2.05, 4.69) is 4.98 Å². The number of benzene rings is 1. The Morgan fingerprint density at radius 1 is 0.885 bits per heavy atom. The van der Waals surface area contributed by atoms with Crippen LogP contribution < -0.4 is 0 Å². The van der Waals surface area contributed by atoms with Gasteiger partial charge in [0.25, 0.3) is 11.8 Å². The van der Waals surface area contributed by atoms with Gasteiger partial charge in [0.15, 0.2) is 0 Å². The van der Waals surface area contributed by atoms with E-state index in [0.717, 1.165) is 12.1 Å². The molecule has 1 aromatic carbocycles. The van der Waals surface area contributed by atoms with Crippen LogP contribution in [-0.2, 0) is 0 Å². The van der Waals surface area contributed by atoms with Crippen molar-refractivity contribution >= 4 is 35.0 Å². The highest BCUT2D eigenvalue weighted by Gasteiger charge is 2.28. The third-order valence-electron chi connectivity index (χ3n) is 4.04. The fraction of sp³-hybridized carbons (Fsp3) is 0.235. The third-order valence-corrected chi connectivity index (χ3v) is 4.43. The van der Waals surface area contributed by atoms with E-state index in [9.17, 15) is 18.4 Å². The van der Waals surface area contributed by atoms with Gasteiger partial charge in [0.1, 0.15) is 27.5 Å². The smallest absolute Gasteiger partial charge is 0.259 e. The van der Waals surface area contributed by atoms with Crippen molar-refractivity contribution in [2.24, 2.45) is 0 Å². The Kier molecular flexibility index (Phi) is 5.38. The van der Waals surface area contributed by atoms with Crippen LogP contribution in [0.3, 0.4) is 0 Å². The van der Waals surface area contributed by atoms with E-state index in [1.165, 1.54) is 28.0 Å². The predicted octanol–water partition coefficient (Wildman–Crippen LogP) is 3.26. The van der Waals surface area contributed by atoms with Crippen molar-refractivity contribution in [3.63, 3.8) is 0 Å². The zero-order valence-electron chi connectivity index (χ0n) is 13.4. The van der Waals surface area contributed by atoms with Gasteiger partial charge >= 0.3 is 0 Å². The number of aromatic nitrogens is 1. The highest BCUT2D eigenvalue weighted by molar-refractivity contribution is 6.33. The molecule has 0 spiro atoms. The van der Waals surface area contributed by atoms with Crippen LogP contribution in [-0.4, -0.2) is 52.8 Å². The van der Waals surface area contributed by atoms with Crippen molar-refractivity contribution in [2.45, 2.75) is 0 Å². The van der Waals surface area contributed by atoms with Gasteiger partial charge in [0.2, 0.25) is 0 Å². The molecule has 136 valence electrons. The van der Waals surface area contributed by atoms with Gasteiger partial charge in [0, 0.05) is 31.7 Å². The topological polar surface area (TPSA) is 53.5 Å². The molecular weight excluding hydrogens is 387 g/mol. The van der Waals surface area contributed by atoms with Crippen LogP contribution in [0.15, 0.2) is 30.3 Å². The van der Waals surface area contributed by atoms with E-state index in [-0.39, 0.29) is 48.0 Å². The lowest BCUT2D eigenvalue weighted by Gasteiger charge is -2.35. The summed E-state index contributed by atoms with van der Waals surface area (Å²) < 4.78 is 27.5. The fourth-order valence-corrected chi connectivity index (χ4v) is 3.20. The number of hydrogen-bond acceptors (Lipinski definition) is 3. The van der Waals surface area contributed by atoms with Gasteiger partial charge in [-0.05, 0) is 24.3 Å². The Labute approximate surface area is 158 Å². The molecular formula is C17H13Cl2F2N3O2. The molecule has 2 aromatic rings. The molecule has 1 aromatic heterocycles. The summed E-state index contributed by atoms with van der Waals surface area (Å²) in [6.07, 6.45) is 0. The first-order valence-corrected chi connectivity index (χ1v) is 8.48. The molecule has 0 saturated carbocycles. The lowest BCUT2D eigenvalue weighted by atomic mass is 10.1. The number of rotatable bonds is 2. The summed E-state index contributed by atoms with van der Waals surface area (Å²) >= 11 is 11.6. The van der Waals surface area contributed by atoms with Gasteiger partial charge in [-0.15, -0.1) is 0 Å². The van der Waals surface area contributed by atoms with Crippen molar-refractivity contribution in [1.29, 1.82) is 0 Å². The molecule has 3 rings (SSSR count). The number of piperazine rings is 1. The third kappa shape index (κ3) is 3.78. The predicted molar refractivity (Wildman–Crippen MR) is 92.4 cm³/mol. The molecule has 0 unspecified atom stereocenters. The monoisotopic (exact) mass is 399 g/mol. The van der Waals surface area contributed by atoms with Crippen LogP contribution in [0, 0.1) is 11.6 Å². The first kappa shape index (κ1) is 18.5. The van der Waals surface area contributed by atoms with Gasteiger partial charge in [-0.3, -0.25) is 9.59 Å². The second-order valence-electron chi connectivity index (χ2n) is 5.68. The summed E-state index contributed by atoms with van der Waals surface area (Å²) in [5.41, 5.74) is -0.296. The maximum Gasteiger partial charge on any atom is 0.259 e. The quantitative estimate of drug-likeness (QED) is 0.728. The number of pyridine rings is 1. The zero-order chi connectivity index (χ0) is 18.8. The normalized spacial score (nSPS) is 14.5. The van der Waals surface area contributed by atoms with E-state index in [4.69, 9.17) is 23.2 Å². The van der Waals surface area contributed by atoms with Crippen molar-refractivity contribution < 1.29 is 18.4 Å².